The topological polar surface area (TPSA) is 59.1 Å². The first-order chi connectivity index (χ1) is 14.0. The third-order valence-electron chi connectivity index (χ3n) is 4.74. The molecule has 0 aromatic heterocycles. The van der Waals surface area contributed by atoms with Crippen LogP contribution in [-0.2, 0) is 0 Å². The number of benzene rings is 2. The van der Waals surface area contributed by atoms with Crippen LogP contribution in [0.25, 0.3) is 0 Å². The van der Waals surface area contributed by atoms with Crippen LogP contribution >= 0.6 is 23.2 Å². The number of carbonyl (C=O) groups excluding carboxylic acids is 2. The SMILES string of the molecule is CCOc1ccc(C(=O)N2CCN(C(=O)c3c(Cl)ccc(Cl)c3OC)CC2)cc1. The number of ether oxygens (including phenoxy) is 2. The fourth-order valence-electron chi connectivity index (χ4n) is 3.25. The molecule has 154 valence electrons. The van der Waals surface area contributed by atoms with Gasteiger partial charge in [-0.25, -0.2) is 0 Å². The van der Waals surface area contributed by atoms with Gasteiger partial charge in [0.15, 0.2) is 5.75 Å². The fourth-order valence-corrected chi connectivity index (χ4v) is 3.71. The Morgan fingerprint density at radius 1 is 0.897 bits per heavy atom. The highest BCUT2D eigenvalue weighted by Gasteiger charge is 2.29. The molecule has 0 aliphatic carbocycles. The summed E-state index contributed by atoms with van der Waals surface area (Å²) >= 11 is 12.4. The Hall–Kier alpha value is -2.44. The van der Waals surface area contributed by atoms with E-state index in [-0.39, 0.29) is 28.1 Å². The van der Waals surface area contributed by atoms with E-state index in [1.807, 2.05) is 6.92 Å². The molecule has 0 spiro atoms. The van der Waals surface area contributed by atoms with E-state index in [0.29, 0.717) is 43.4 Å². The molecular formula is C21H22Cl2N2O4. The number of hydrogen-bond donors (Lipinski definition) is 0. The van der Waals surface area contributed by atoms with Crippen molar-refractivity contribution in [1.29, 1.82) is 0 Å². The second-order valence-electron chi connectivity index (χ2n) is 6.48. The molecule has 0 radical (unpaired) electrons. The second-order valence-corrected chi connectivity index (χ2v) is 7.29. The quantitative estimate of drug-likeness (QED) is 0.710. The van der Waals surface area contributed by atoms with Crippen LogP contribution in [0.2, 0.25) is 10.0 Å². The summed E-state index contributed by atoms with van der Waals surface area (Å²) in [4.78, 5) is 29.1. The number of halogens is 2. The highest BCUT2D eigenvalue weighted by atomic mass is 35.5. The second kappa shape index (κ2) is 9.37. The first-order valence-corrected chi connectivity index (χ1v) is 10.0. The van der Waals surface area contributed by atoms with Crippen LogP contribution in [0.3, 0.4) is 0 Å². The molecule has 0 unspecified atom stereocenters. The molecule has 1 aliphatic rings. The Balaban J connectivity index is 1.67. The first kappa shape index (κ1) is 21.3. The zero-order valence-corrected chi connectivity index (χ0v) is 17.8. The van der Waals surface area contributed by atoms with Crippen molar-refractivity contribution in [2.24, 2.45) is 0 Å². The number of piperazine rings is 1. The first-order valence-electron chi connectivity index (χ1n) is 9.29. The van der Waals surface area contributed by atoms with Crippen LogP contribution in [0, 0.1) is 0 Å². The average Bonchev–Trinajstić information content (AvgIpc) is 2.75. The Morgan fingerprint density at radius 2 is 1.45 bits per heavy atom. The summed E-state index contributed by atoms with van der Waals surface area (Å²) < 4.78 is 10.7. The van der Waals surface area contributed by atoms with Gasteiger partial charge in [0.25, 0.3) is 11.8 Å². The monoisotopic (exact) mass is 436 g/mol. The molecule has 0 N–H and O–H groups in total. The maximum absolute atomic E-state index is 13.0. The van der Waals surface area contributed by atoms with Crippen LogP contribution < -0.4 is 9.47 Å². The normalized spacial score (nSPS) is 13.9. The molecule has 0 bridgehead atoms. The lowest BCUT2D eigenvalue weighted by Crippen LogP contribution is -2.50. The van der Waals surface area contributed by atoms with Crippen molar-refractivity contribution in [1.82, 2.24) is 9.80 Å². The molecule has 8 heteroatoms. The highest BCUT2D eigenvalue weighted by molar-refractivity contribution is 6.37. The van der Waals surface area contributed by atoms with Gasteiger partial charge in [-0.2, -0.15) is 0 Å². The summed E-state index contributed by atoms with van der Waals surface area (Å²) in [6, 6.07) is 10.2. The minimum absolute atomic E-state index is 0.0708. The van der Waals surface area contributed by atoms with E-state index in [0.717, 1.165) is 5.75 Å². The van der Waals surface area contributed by atoms with E-state index in [1.165, 1.54) is 7.11 Å². The predicted molar refractivity (Wildman–Crippen MR) is 112 cm³/mol. The highest BCUT2D eigenvalue weighted by Crippen LogP contribution is 2.34. The number of carbonyl (C=O) groups is 2. The van der Waals surface area contributed by atoms with E-state index < -0.39 is 0 Å². The summed E-state index contributed by atoms with van der Waals surface area (Å²) in [5.41, 5.74) is 0.834. The van der Waals surface area contributed by atoms with Crippen molar-refractivity contribution in [3.05, 3.63) is 57.6 Å². The Morgan fingerprint density at radius 3 is 2.00 bits per heavy atom. The van der Waals surface area contributed by atoms with Crippen LogP contribution in [0.15, 0.2) is 36.4 Å². The van der Waals surface area contributed by atoms with Gasteiger partial charge in [-0.1, -0.05) is 23.2 Å². The fraction of sp³-hybridized carbons (Fsp3) is 0.333. The van der Waals surface area contributed by atoms with Crippen LogP contribution in [0.1, 0.15) is 27.6 Å². The van der Waals surface area contributed by atoms with Gasteiger partial charge in [-0.15, -0.1) is 0 Å². The third-order valence-corrected chi connectivity index (χ3v) is 5.36. The van der Waals surface area contributed by atoms with Crippen LogP contribution in [0.5, 0.6) is 11.5 Å². The molecule has 6 nitrogen and oxygen atoms in total. The molecule has 29 heavy (non-hydrogen) atoms. The van der Waals surface area contributed by atoms with Gasteiger partial charge in [0.1, 0.15) is 11.3 Å². The van der Waals surface area contributed by atoms with E-state index in [4.69, 9.17) is 32.7 Å². The molecule has 2 aromatic carbocycles. The molecule has 1 saturated heterocycles. The lowest BCUT2D eigenvalue weighted by Gasteiger charge is -2.35. The Labute approximate surface area is 179 Å². The van der Waals surface area contributed by atoms with Crippen molar-refractivity contribution < 1.29 is 19.1 Å². The number of rotatable bonds is 5. The minimum atomic E-state index is -0.262. The zero-order chi connectivity index (χ0) is 21.0. The van der Waals surface area contributed by atoms with Crippen LogP contribution in [-0.4, -0.2) is 61.5 Å². The summed E-state index contributed by atoms with van der Waals surface area (Å²) in [7, 11) is 1.45. The Kier molecular flexibility index (Phi) is 6.87. The molecule has 3 rings (SSSR count). The smallest absolute Gasteiger partial charge is 0.259 e. The van der Waals surface area contributed by atoms with Gasteiger partial charge in [0.2, 0.25) is 0 Å². The van der Waals surface area contributed by atoms with Crippen molar-refractivity contribution in [2.45, 2.75) is 6.92 Å². The van der Waals surface area contributed by atoms with Crippen molar-refractivity contribution in [3.63, 3.8) is 0 Å². The van der Waals surface area contributed by atoms with E-state index in [9.17, 15) is 9.59 Å². The van der Waals surface area contributed by atoms with Gasteiger partial charge < -0.3 is 19.3 Å². The summed E-state index contributed by atoms with van der Waals surface area (Å²) in [6.45, 7) is 4.13. The molecule has 1 aliphatic heterocycles. The zero-order valence-electron chi connectivity index (χ0n) is 16.3. The Bertz CT molecular complexity index is 894. The molecule has 1 fully saturated rings. The molecular weight excluding hydrogens is 415 g/mol. The van der Waals surface area contributed by atoms with E-state index >= 15 is 0 Å². The maximum atomic E-state index is 13.0. The molecule has 1 heterocycles. The summed E-state index contributed by atoms with van der Waals surface area (Å²) in [5.74, 6) is 0.657. The summed E-state index contributed by atoms with van der Waals surface area (Å²) in [6.07, 6.45) is 0. The number of methoxy groups -OCH3 is 1. The van der Waals surface area contributed by atoms with Crippen molar-refractivity contribution in [2.75, 3.05) is 39.9 Å². The standard InChI is InChI=1S/C21H22Cl2N2O4/c1-3-29-15-6-4-14(5-7-15)20(26)24-10-12-25(13-11-24)21(27)18-16(22)8-9-17(23)19(18)28-2/h4-9H,3,10-13H2,1-2H3. The average molecular weight is 437 g/mol. The molecule has 0 atom stereocenters. The molecule has 2 aromatic rings. The van der Waals surface area contributed by atoms with Gasteiger partial charge in [0.05, 0.1) is 23.8 Å². The lowest BCUT2D eigenvalue weighted by atomic mass is 10.1. The minimum Gasteiger partial charge on any atom is -0.494 e. The van der Waals surface area contributed by atoms with Gasteiger partial charge in [0, 0.05) is 31.7 Å². The molecule has 2 amide bonds. The van der Waals surface area contributed by atoms with E-state index in [1.54, 1.807) is 46.2 Å². The van der Waals surface area contributed by atoms with Gasteiger partial charge in [-0.3, -0.25) is 9.59 Å². The maximum Gasteiger partial charge on any atom is 0.259 e. The van der Waals surface area contributed by atoms with Gasteiger partial charge >= 0.3 is 0 Å². The van der Waals surface area contributed by atoms with E-state index in [2.05, 4.69) is 0 Å². The van der Waals surface area contributed by atoms with Crippen LogP contribution in [0.4, 0.5) is 0 Å². The molecule has 0 saturated carbocycles. The predicted octanol–water partition coefficient (Wildman–Crippen LogP) is 4.00. The van der Waals surface area contributed by atoms with Crippen molar-refractivity contribution >= 4 is 35.0 Å². The van der Waals surface area contributed by atoms with Gasteiger partial charge in [-0.05, 0) is 43.3 Å². The number of amides is 2. The third kappa shape index (κ3) is 4.60. The summed E-state index contributed by atoms with van der Waals surface area (Å²) in [5, 5.41) is 0.605. The number of nitrogens with zero attached hydrogens (tertiary/aromatic N) is 2. The lowest BCUT2D eigenvalue weighted by molar-refractivity contribution is 0.0533. The largest absolute Gasteiger partial charge is 0.494 e. The number of hydrogen-bond acceptors (Lipinski definition) is 4. The van der Waals surface area contributed by atoms with Crippen molar-refractivity contribution in [3.8, 4) is 11.5 Å².